The van der Waals surface area contributed by atoms with E-state index in [1.54, 1.807) is 13.3 Å². The molecule has 6 heteroatoms. The van der Waals surface area contributed by atoms with Crippen molar-refractivity contribution in [2.75, 3.05) is 20.2 Å². The molecule has 2 aromatic heterocycles. The maximum absolute atomic E-state index is 11.6. The van der Waals surface area contributed by atoms with Crippen LogP contribution in [0.2, 0.25) is 0 Å². The second-order valence-corrected chi connectivity index (χ2v) is 7.67. The lowest BCUT2D eigenvalue weighted by Crippen LogP contribution is -2.58. The van der Waals surface area contributed by atoms with Crippen molar-refractivity contribution in [3.63, 3.8) is 0 Å². The van der Waals surface area contributed by atoms with E-state index in [2.05, 4.69) is 27.0 Å². The molecule has 2 fully saturated rings. The molecule has 2 aromatic rings. The lowest BCUT2D eigenvalue weighted by molar-refractivity contribution is -0.170. The zero-order valence-electron chi connectivity index (χ0n) is 15.7. The summed E-state index contributed by atoms with van der Waals surface area (Å²) < 4.78 is 6.25. The van der Waals surface area contributed by atoms with E-state index in [1.165, 1.54) is 12.0 Å². The molecule has 0 spiro atoms. The summed E-state index contributed by atoms with van der Waals surface area (Å²) in [6.07, 6.45) is 8.83. The van der Waals surface area contributed by atoms with Crippen LogP contribution in [0.15, 0.2) is 42.9 Å². The third-order valence-electron chi connectivity index (χ3n) is 6.23. The molecule has 3 heterocycles. The van der Waals surface area contributed by atoms with Gasteiger partial charge in [0.05, 0.1) is 0 Å². The van der Waals surface area contributed by atoms with Gasteiger partial charge < -0.3 is 10.5 Å². The molecular formula is C21H26N4O2. The number of ether oxygens (including phenoxy) is 1. The summed E-state index contributed by atoms with van der Waals surface area (Å²) in [6, 6.07) is 7.97. The number of aromatic nitrogens is 2. The Bertz CT molecular complexity index is 797. The Morgan fingerprint density at radius 2 is 1.93 bits per heavy atom. The number of likely N-dealkylation sites (tertiary alicyclic amines) is 1. The first-order valence-corrected chi connectivity index (χ1v) is 9.56. The van der Waals surface area contributed by atoms with Gasteiger partial charge in [0.2, 0.25) is 0 Å². The van der Waals surface area contributed by atoms with Crippen LogP contribution in [0.25, 0.3) is 0 Å². The predicted molar refractivity (Wildman–Crippen MR) is 102 cm³/mol. The largest absolute Gasteiger partial charge is 0.373 e. The van der Waals surface area contributed by atoms with Crippen LogP contribution in [0, 0.1) is 11.8 Å². The number of amides is 1. The van der Waals surface area contributed by atoms with Gasteiger partial charge in [-0.3, -0.25) is 19.7 Å². The van der Waals surface area contributed by atoms with E-state index in [0.717, 1.165) is 38.0 Å². The molecule has 4 rings (SSSR count). The van der Waals surface area contributed by atoms with Crippen LogP contribution in [0.3, 0.4) is 0 Å². The third-order valence-corrected chi connectivity index (χ3v) is 6.23. The summed E-state index contributed by atoms with van der Waals surface area (Å²) >= 11 is 0. The Hall–Kier alpha value is -2.31. The second kappa shape index (κ2) is 7.37. The van der Waals surface area contributed by atoms with Crippen LogP contribution in [0.4, 0.5) is 0 Å². The smallest absolute Gasteiger partial charge is 0.267 e. The molecule has 0 aromatic carbocycles. The number of fused-ring (bicyclic) bond motifs is 2. The monoisotopic (exact) mass is 366 g/mol. The number of hydrogen-bond donors (Lipinski definition) is 1. The molecule has 1 amide bonds. The summed E-state index contributed by atoms with van der Waals surface area (Å²) in [5.41, 5.74) is 7.72. The summed E-state index contributed by atoms with van der Waals surface area (Å²) in [6.45, 7) is 2.87. The Kier molecular flexibility index (Phi) is 4.93. The molecule has 1 saturated heterocycles. The Morgan fingerprint density at radius 3 is 2.56 bits per heavy atom. The van der Waals surface area contributed by atoms with Gasteiger partial charge in [-0.05, 0) is 48.2 Å². The zero-order chi connectivity index (χ0) is 18.9. The van der Waals surface area contributed by atoms with Crippen molar-refractivity contribution >= 4 is 5.91 Å². The number of nitrogens with zero attached hydrogens (tertiary/aromatic N) is 3. The average molecular weight is 366 g/mol. The van der Waals surface area contributed by atoms with Gasteiger partial charge in [0.25, 0.3) is 5.91 Å². The lowest BCUT2D eigenvalue weighted by Gasteiger charge is -2.55. The van der Waals surface area contributed by atoms with Gasteiger partial charge in [0, 0.05) is 57.2 Å². The minimum absolute atomic E-state index is 0.307. The molecule has 0 radical (unpaired) electrons. The Balaban J connectivity index is 1.64. The fourth-order valence-electron chi connectivity index (χ4n) is 5.13. The maximum Gasteiger partial charge on any atom is 0.267 e. The van der Waals surface area contributed by atoms with Crippen molar-refractivity contribution in [1.82, 2.24) is 14.9 Å². The van der Waals surface area contributed by atoms with E-state index >= 15 is 0 Å². The van der Waals surface area contributed by atoms with Crippen LogP contribution < -0.4 is 5.73 Å². The quantitative estimate of drug-likeness (QED) is 0.878. The molecule has 1 aliphatic carbocycles. The standard InChI is InChI=1S/C21H26N4O2/c1-27-21(16-7-10-24-19(11-16)20(22)26)17-3-2-4-18(21)14-25(13-17)12-15-5-8-23-9-6-15/h5-11,17-18H,2-4,12-14H2,1H3,(H2,22,26). The maximum atomic E-state index is 11.6. The molecule has 2 aliphatic rings. The number of primary amides is 1. The summed E-state index contributed by atoms with van der Waals surface area (Å²) in [7, 11) is 1.80. The van der Waals surface area contributed by atoms with Crippen molar-refractivity contribution in [2.45, 2.75) is 31.4 Å². The van der Waals surface area contributed by atoms with Gasteiger partial charge >= 0.3 is 0 Å². The highest BCUT2D eigenvalue weighted by Gasteiger charge is 2.53. The molecule has 2 N–H and O–H groups in total. The molecule has 142 valence electrons. The van der Waals surface area contributed by atoms with Crippen LogP contribution >= 0.6 is 0 Å². The van der Waals surface area contributed by atoms with Gasteiger partial charge in [-0.25, -0.2) is 0 Å². The first-order valence-electron chi connectivity index (χ1n) is 9.56. The van der Waals surface area contributed by atoms with Crippen molar-refractivity contribution in [1.29, 1.82) is 0 Å². The summed E-state index contributed by atoms with van der Waals surface area (Å²) in [5.74, 6) is 0.253. The number of nitrogens with two attached hydrogens (primary N) is 1. The fraction of sp³-hybridized carbons (Fsp3) is 0.476. The number of rotatable bonds is 5. The van der Waals surface area contributed by atoms with Gasteiger partial charge in [-0.15, -0.1) is 0 Å². The van der Waals surface area contributed by atoms with E-state index in [4.69, 9.17) is 10.5 Å². The van der Waals surface area contributed by atoms with E-state index in [-0.39, 0.29) is 5.60 Å². The van der Waals surface area contributed by atoms with Crippen LogP contribution in [0.1, 0.15) is 40.9 Å². The van der Waals surface area contributed by atoms with Crippen molar-refractivity contribution < 1.29 is 9.53 Å². The Labute approximate surface area is 159 Å². The number of pyridine rings is 2. The SMILES string of the molecule is COC1(c2ccnc(C(N)=O)c2)C2CCCC1CN(Cc1ccncc1)C2. The van der Waals surface area contributed by atoms with Gasteiger partial charge in [0.15, 0.2) is 0 Å². The minimum atomic E-state index is -0.497. The van der Waals surface area contributed by atoms with Crippen LogP contribution in [-0.2, 0) is 16.9 Å². The normalized spacial score (nSPS) is 28.0. The first-order chi connectivity index (χ1) is 13.1. The van der Waals surface area contributed by atoms with Gasteiger partial charge in [-0.1, -0.05) is 6.42 Å². The van der Waals surface area contributed by atoms with Crippen molar-refractivity contribution in [3.8, 4) is 0 Å². The number of carbonyl (C=O) groups excluding carboxylic acids is 1. The molecule has 1 aliphatic heterocycles. The van der Waals surface area contributed by atoms with Crippen LogP contribution in [0.5, 0.6) is 0 Å². The fourth-order valence-corrected chi connectivity index (χ4v) is 5.13. The van der Waals surface area contributed by atoms with E-state index in [0.29, 0.717) is 17.5 Å². The summed E-state index contributed by atoms with van der Waals surface area (Å²) in [4.78, 5) is 22.4. The molecule has 2 unspecified atom stereocenters. The summed E-state index contributed by atoms with van der Waals surface area (Å²) in [5, 5.41) is 0. The van der Waals surface area contributed by atoms with Gasteiger partial charge in [0.1, 0.15) is 11.3 Å². The molecule has 6 nitrogen and oxygen atoms in total. The highest BCUT2D eigenvalue weighted by Crippen LogP contribution is 2.51. The van der Waals surface area contributed by atoms with Crippen LogP contribution in [-0.4, -0.2) is 41.0 Å². The minimum Gasteiger partial charge on any atom is -0.373 e. The van der Waals surface area contributed by atoms with E-state index < -0.39 is 5.91 Å². The molecule has 2 bridgehead atoms. The number of piperidine rings is 1. The van der Waals surface area contributed by atoms with Crippen molar-refractivity contribution in [3.05, 3.63) is 59.7 Å². The third kappa shape index (κ3) is 3.24. The molecule has 1 saturated carbocycles. The van der Waals surface area contributed by atoms with Crippen molar-refractivity contribution in [2.24, 2.45) is 17.6 Å². The Morgan fingerprint density at radius 1 is 1.22 bits per heavy atom. The van der Waals surface area contributed by atoms with E-state index in [1.807, 2.05) is 24.5 Å². The number of carbonyl (C=O) groups is 1. The molecule has 27 heavy (non-hydrogen) atoms. The molecule has 2 atom stereocenters. The first kappa shape index (κ1) is 18.1. The highest BCUT2D eigenvalue weighted by molar-refractivity contribution is 5.90. The second-order valence-electron chi connectivity index (χ2n) is 7.67. The molecular weight excluding hydrogens is 340 g/mol. The highest BCUT2D eigenvalue weighted by atomic mass is 16.5. The predicted octanol–water partition coefficient (Wildman–Crippen LogP) is 2.35. The van der Waals surface area contributed by atoms with E-state index in [9.17, 15) is 4.79 Å². The number of hydrogen-bond acceptors (Lipinski definition) is 5. The number of methoxy groups -OCH3 is 1. The topological polar surface area (TPSA) is 81.3 Å². The van der Waals surface area contributed by atoms with Gasteiger partial charge in [-0.2, -0.15) is 0 Å². The zero-order valence-corrected chi connectivity index (χ0v) is 15.7. The lowest BCUT2D eigenvalue weighted by atomic mass is 9.62. The average Bonchev–Trinajstić information content (AvgIpc) is 2.68.